The predicted octanol–water partition coefficient (Wildman–Crippen LogP) is 1.54. The fourth-order valence-electron chi connectivity index (χ4n) is 1.93. The minimum absolute atomic E-state index is 0.0764. The number of benzene rings is 1. The number of hydrogen-bond acceptors (Lipinski definition) is 3. The van der Waals surface area contributed by atoms with Gasteiger partial charge in [-0.2, -0.15) is 0 Å². The zero-order valence-corrected chi connectivity index (χ0v) is 10.5. The maximum absolute atomic E-state index is 12.3. The lowest BCUT2D eigenvalue weighted by molar-refractivity contribution is -0.117. The molecule has 0 unspecified atom stereocenters. The van der Waals surface area contributed by atoms with Crippen molar-refractivity contribution in [1.82, 2.24) is 10.4 Å². The Labute approximate surface area is 115 Å². The summed E-state index contributed by atoms with van der Waals surface area (Å²) in [7, 11) is 0. The number of amides is 2. The number of para-hydroxylation sites is 1. The van der Waals surface area contributed by atoms with Crippen molar-refractivity contribution < 1.29 is 9.59 Å². The molecule has 0 bridgehead atoms. The van der Waals surface area contributed by atoms with Gasteiger partial charge in [0.1, 0.15) is 5.57 Å². The quantitative estimate of drug-likeness (QED) is 0.662. The Kier molecular flexibility index (Phi) is 3.01. The monoisotopic (exact) mass is 265 g/mol. The first-order valence-electron chi connectivity index (χ1n) is 6.09. The summed E-state index contributed by atoms with van der Waals surface area (Å²) in [5.74, 6) is -0.809. The smallest absolute Gasteiger partial charge is 0.267 e. The van der Waals surface area contributed by atoms with Gasteiger partial charge in [-0.3, -0.25) is 20.0 Å². The van der Waals surface area contributed by atoms with Crippen LogP contribution in [0.15, 0.2) is 60.3 Å². The highest BCUT2D eigenvalue weighted by molar-refractivity contribution is 6.31. The van der Waals surface area contributed by atoms with Crippen LogP contribution in [0.25, 0.3) is 6.08 Å². The molecule has 3 rings (SSSR count). The van der Waals surface area contributed by atoms with Gasteiger partial charge < -0.3 is 0 Å². The van der Waals surface area contributed by atoms with E-state index in [-0.39, 0.29) is 11.5 Å². The van der Waals surface area contributed by atoms with E-state index < -0.39 is 5.91 Å². The summed E-state index contributed by atoms with van der Waals surface area (Å²) in [4.78, 5) is 28.3. The summed E-state index contributed by atoms with van der Waals surface area (Å²) in [5.41, 5.74) is 3.81. The average molecular weight is 265 g/mol. The Hall–Kier alpha value is -2.95. The van der Waals surface area contributed by atoms with Crippen LogP contribution in [0.3, 0.4) is 0 Å². The summed E-state index contributed by atoms with van der Waals surface area (Å²) >= 11 is 0. The van der Waals surface area contributed by atoms with Crippen molar-refractivity contribution in [3.05, 3.63) is 66.0 Å². The van der Waals surface area contributed by atoms with Gasteiger partial charge in [-0.15, -0.1) is 0 Å². The molecule has 20 heavy (non-hydrogen) atoms. The van der Waals surface area contributed by atoms with Crippen LogP contribution in [-0.4, -0.2) is 16.8 Å². The molecule has 0 radical (unpaired) electrons. The van der Waals surface area contributed by atoms with Gasteiger partial charge >= 0.3 is 0 Å². The van der Waals surface area contributed by atoms with Crippen molar-refractivity contribution in [2.75, 3.05) is 5.01 Å². The molecule has 0 atom stereocenters. The number of carbonyl (C=O) groups excluding carboxylic acids is 2. The number of nitrogens with zero attached hydrogens (tertiary/aromatic N) is 2. The van der Waals surface area contributed by atoms with Crippen LogP contribution in [0.5, 0.6) is 0 Å². The molecule has 0 spiro atoms. The van der Waals surface area contributed by atoms with Gasteiger partial charge in [0, 0.05) is 6.20 Å². The van der Waals surface area contributed by atoms with Crippen LogP contribution in [0.1, 0.15) is 5.69 Å². The highest BCUT2D eigenvalue weighted by Crippen LogP contribution is 2.20. The molecule has 2 heterocycles. The molecule has 2 amide bonds. The first-order valence-corrected chi connectivity index (χ1v) is 6.09. The lowest BCUT2D eigenvalue weighted by Gasteiger charge is -2.13. The summed E-state index contributed by atoms with van der Waals surface area (Å²) in [6, 6.07) is 14.3. The Morgan fingerprint density at radius 3 is 2.45 bits per heavy atom. The van der Waals surface area contributed by atoms with E-state index in [1.54, 1.807) is 48.7 Å². The van der Waals surface area contributed by atoms with E-state index in [9.17, 15) is 9.59 Å². The van der Waals surface area contributed by atoms with E-state index in [1.165, 1.54) is 11.1 Å². The number of nitrogens with one attached hydrogen (secondary N) is 1. The second-order valence-electron chi connectivity index (χ2n) is 4.23. The number of hydrogen-bond donors (Lipinski definition) is 1. The van der Waals surface area contributed by atoms with Crippen LogP contribution < -0.4 is 10.4 Å². The minimum Gasteiger partial charge on any atom is -0.267 e. The molecule has 1 saturated heterocycles. The molecule has 1 N–H and O–H groups in total. The summed E-state index contributed by atoms with van der Waals surface area (Å²) in [6.07, 6.45) is 3.10. The Bertz CT molecular complexity index is 681. The third kappa shape index (κ3) is 2.16. The summed E-state index contributed by atoms with van der Waals surface area (Å²) in [6.45, 7) is 0. The molecule has 1 fully saturated rings. The lowest BCUT2D eigenvalue weighted by atomic mass is 10.2. The zero-order chi connectivity index (χ0) is 13.9. The largest absolute Gasteiger partial charge is 0.282 e. The predicted molar refractivity (Wildman–Crippen MR) is 74.3 cm³/mol. The minimum atomic E-state index is -0.426. The number of pyridine rings is 1. The fraction of sp³-hybridized carbons (Fsp3) is 0. The van der Waals surface area contributed by atoms with Crippen LogP contribution in [0.4, 0.5) is 5.69 Å². The zero-order valence-electron chi connectivity index (χ0n) is 10.5. The number of hydrazine groups is 1. The molecule has 1 aliphatic rings. The van der Waals surface area contributed by atoms with Crippen molar-refractivity contribution in [2.24, 2.45) is 0 Å². The molecule has 5 heteroatoms. The highest BCUT2D eigenvalue weighted by atomic mass is 16.2. The first kappa shape index (κ1) is 12.1. The molecular formula is C15H11N3O2. The van der Waals surface area contributed by atoms with Gasteiger partial charge in [0.25, 0.3) is 11.8 Å². The van der Waals surface area contributed by atoms with Crippen LogP contribution in [0.2, 0.25) is 0 Å². The van der Waals surface area contributed by atoms with Crippen molar-refractivity contribution in [1.29, 1.82) is 0 Å². The summed E-state index contributed by atoms with van der Waals surface area (Å²) < 4.78 is 0. The third-order valence-electron chi connectivity index (χ3n) is 2.89. The van der Waals surface area contributed by atoms with Gasteiger partial charge in [-0.25, -0.2) is 5.01 Å². The second kappa shape index (κ2) is 4.97. The average Bonchev–Trinajstić information content (AvgIpc) is 2.77. The molecule has 1 aromatic heterocycles. The molecule has 1 aliphatic heterocycles. The molecular weight excluding hydrogens is 254 g/mol. The lowest BCUT2D eigenvalue weighted by Crippen LogP contribution is -2.35. The summed E-state index contributed by atoms with van der Waals surface area (Å²) in [5, 5.41) is 1.23. The van der Waals surface area contributed by atoms with Crippen LogP contribution in [0, 0.1) is 0 Å². The topological polar surface area (TPSA) is 62.3 Å². The molecule has 0 saturated carbocycles. The Balaban J connectivity index is 1.94. The van der Waals surface area contributed by atoms with Gasteiger partial charge in [0.2, 0.25) is 0 Å². The highest BCUT2D eigenvalue weighted by Gasteiger charge is 2.34. The van der Waals surface area contributed by atoms with Gasteiger partial charge in [-0.1, -0.05) is 24.3 Å². The van der Waals surface area contributed by atoms with Crippen molar-refractivity contribution in [3.8, 4) is 0 Å². The maximum Gasteiger partial charge on any atom is 0.282 e. The van der Waals surface area contributed by atoms with E-state index in [2.05, 4.69) is 10.4 Å². The normalized spacial score (nSPS) is 16.6. The Morgan fingerprint density at radius 2 is 1.75 bits per heavy atom. The molecule has 0 aliphatic carbocycles. The van der Waals surface area contributed by atoms with Gasteiger partial charge in [0.05, 0.1) is 11.4 Å². The maximum atomic E-state index is 12.3. The number of rotatable bonds is 2. The Morgan fingerprint density at radius 1 is 1.00 bits per heavy atom. The first-order chi connectivity index (χ1) is 9.75. The van der Waals surface area contributed by atoms with Crippen molar-refractivity contribution >= 4 is 23.6 Å². The molecule has 5 nitrogen and oxygen atoms in total. The molecule has 1 aromatic carbocycles. The van der Waals surface area contributed by atoms with E-state index in [4.69, 9.17) is 0 Å². The van der Waals surface area contributed by atoms with Crippen molar-refractivity contribution in [3.63, 3.8) is 0 Å². The number of carbonyl (C=O) groups is 2. The molecule has 98 valence electrons. The second-order valence-corrected chi connectivity index (χ2v) is 4.23. The van der Waals surface area contributed by atoms with Gasteiger partial charge in [-0.05, 0) is 30.3 Å². The fourth-order valence-corrected chi connectivity index (χ4v) is 1.93. The van der Waals surface area contributed by atoms with Crippen LogP contribution in [-0.2, 0) is 9.59 Å². The van der Waals surface area contributed by atoms with Crippen LogP contribution >= 0.6 is 0 Å². The molecule has 2 aromatic rings. The number of anilines is 1. The van der Waals surface area contributed by atoms with E-state index in [1.807, 2.05) is 6.07 Å². The standard InChI is InChI=1S/C15H11N3O2/c19-14-13(10-11-6-4-5-9-16-11)15(20)18(17-14)12-7-2-1-3-8-12/h1-10H,(H,17,19)/b13-10+. The van der Waals surface area contributed by atoms with E-state index in [0.717, 1.165) is 0 Å². The van der Waals surface area contributed by atoms with E-state index >= 15 is 0 Å². The third-order valence-corrected chi connectivity index (χ3v) is 2.89. The SMILES string of the molecule is O=C1NN(c2ccccc2)C(=O)/C1=C/c1ccccn1. The van der Waals surface area contributed by atoms with Crippen molar-refractivity contribution in [2.45, 2.75) is 0 Å². The number of aromatic nitrogens is 1. The van der Waals surface area contributed by atoms with E-state index in [0.29, 0.717) is 11.4 Å². The van der Waals surface area contributed by atoms with Gasteiger partial charge in [0.15, 0.2) is 0 Å².